The van der Waals surface area contributed by atoms with Crippen molar-refractivity contribution in [3.63, 3.8) is 0 Å². The Morgan fingerprint density at radius 3 is 2.82 bits per heavy atom. The summed E-state index contributed by atoms with van der Waals surface area (Å²) in [6.45, 7) is 3.71. The molecule has 0 aliphatic heterocycles. The Hall–Kier alpha value is -1.05. The van der Waals surface area contributed by atoms with Gasteiger partial charge in [0, 0.05) is 6.07 Å². The Morgan fingerprint density at radius 2 is 2.27 bits per heavy atom. The maximum absolute atomic E-state index is 12.8. The van der Waals surface area contributed by atoms with Crippen LogP contribution in [-0.4, -0.2) is 6.10 Å². The molecule has 0 fully saturated rings. The van der Waals surface area contributed by atoms with Gasteiger partial charge in [0.15, 0.2) is 11.6 Å². The molecule has 0 saturated carbocycles. The van der Waals surface area contributed by atoms with Crippen molar-refractivity contribution in [3.05, 3.63) is 30.1 Å². The second kappa shape index (κ2) is 3.37. The molecule has 0 atom stereocenters. The quantitative estimate of drug-likeness (QED) is 0.634. The van der Waals surface area contributed by atoms with Crippen molar-refractivity contribution in [3.8, 4) is 5.75 Å². The van der Waals surface area contributed by atoms with Gasteiger partial charge in [-0.25, -0.2) is 4.39 Å². The van der Waals surface area contributed by atoms with E-state index < -0.39 is 5.82 Å². The van der Waals surface area contributed by atoms with E-state index in [2.05, 4.69) is 6.07 Å². The van der Waals surface area contributed by atoms with E-state index in [1.54, 1.807) is 12.1 Å². The minimum absolute atomic E-state index is 0.000278. The maximum atomic E-state index is 12.8. The van der Waals surface area contributed by atoms with Gasteiger partial charge in [0.1, 0.15) is 0 Å². The van der Waals surface area contributed by atoms with Crippen LogP contribution in [0.15, 0.2) is 18.2 Å². The predicted molar refractivity (Wildman–Crippen MR) is 41.0 cm³/mol. The molecule has 1 nitrogen and oxygen atoms in total. The van der Waals surface area contributed by atoms with Crippen LogP contribution in [-0.2, 0) is 0 Å². The van der Waals surface area contributed by atoms with Crippen molar-refractivity contribution in [2.24, 2.45) is 0 Å². The maximum Gasteiger partial charge on any atom is 0.172 e. The van der Waals surface area contributed by atoms with Gasteiger partial charge in [0.05, 0.1) is 6.10 Å². The van der Waals surface area contributed by atoms with Crippen LogP contribution in [0.5, 0.6) is 5.75 Å². The van der Waals surface area contributed by atoms with E-state index in [4.69, 9.17) is 4.74 Å². The van der Waals surface area contributed by atoms with Gasteiger partial charge >= 0.3 is 0 Å². The van der Waals surface area contributed by atoms with Crippen LogP contribution in [0.1, 0.15) is 13.8 Å². The van der Waals surface area contributed by atoms with E-state index in [9.17, 15) is 4.39 Å². The van der Waals surface area contributed by atoms with Crippen molar-refractivity contribution in [2.75, 3.05) is 0 Å². The summed E-state index contributed by atoms with van der Waals surface area (Å²) in [5.74, 6) is -0.163. The van der Waals surface area contributed by atoms with Crippen molar-refractivity contribution < 1.29 is 9.13 Å². The first kappa shape index (κ1) is 8.05. The molecule has 1 aromatic carbocycles. The molecule has 2 heteroatoms. The Bertz CT molecular complexity index is 233. The Labute approximate surface area is 65.8 Å². The van der Waals surface area contributed by atoms with E-state index in [1.165, 1.54) is 6.07 Å². The molecule has 1 rings (SSSR count). The minimum atomic E-state index is -0.429. The first-order valence-corrected chi connectivity index (χ1v) is 3.53. The Morgan fingerprint density at radius 1 is 1.55 bits per heavy atom. The molecule has 0 aromatic heterocycles. The minimum Gasteiger partial charge on any atom is -0.488 e. The molecule has 59 valence electrons. The summed E-state index contributed by atoms with van der Waals surface area (Å²) in [6.07, 6.45) is 0.000278. The van der Waals surface area contributed by atoms with Gasteiger partial charge in [0.2, 0.25) is 0 Å². The molecule has 11 heavy (non-hydrogen) atoms. The fraction of sp³-hybridized carbons (Fsp3) is 0.333. The van der Waals surface area contributed by atoms with Gasteiger partial charge in [-0.1, -0.05) is 12.1 Å². The molecule has 0 spiro atoms. The highest BCUT2D eigenvalue weighted by Gasteiger charge is 2.02. The van der Waals surface area contributed by atoms with Crippen LogP contribution < -0.4 is 4.74 Å². The molecular weight excluding hydrogens is 143 g/mol. The predicted octanol–water partition coefficient (Wildman–Crippen LogP) is 2.41. The molecule has 0 bridgehead atoms. The SMILES string of the molecule is CC(C)Oc1ccc[c]c1F. The standard InChI is InChI=1S/C9H10FO/c1-7(2)11-9-6-4-3-5-8(9)10/h3-4,6-7H,1-2H3. The zero-order valence-electron chi connectivity index (χ0n) is 6.60. The average Bonchev–Trinajstić information content (AvgIpc) is 1.93. The molecule has 0 unspecified atom stereocenters. The van der Waals surface area contributed by atoms with Gasteiger partial charge < -0.3 is 4.74 Å². The average molecular weight is 153 g/mol. The van der Waals surface area contributed by atoms with E-state index in [1.807, 2.05) is 13.8 Å². The summed E-state index contributed by atoms with van der Waals surface area (Å²) in [7, 11) is 0. The zero-order chi connectivity index (χ0) is 8.27. The van der Waals surface area contributed by atoms with Crippen LogP contribution in [0.4, 0.5) is 4.39 Å². The number of halogens is 1. The molecular formula is C9H10FO. The summed E-state index contributed by atoms with van der Waals surface area (Å²) < 4.78 is 17.9. The van der Waals surface area contributed by atoms with Crippen molar-refractivity contribution in [1.29, 1.82) is 0 Å². The van der Waals surface area contributed by atoms with Crippen LogP contribution >= 0.6 is 0 Å². The molecule has 1 radical (unpaired) electrons. The number of ether oxygens (including phenoxy) is 1. The van der Waals surface area contributed by atoms with Crippen LogP contribution in [0, 0.1) is 11.9 Å². The normalized spacial score (nSPS) is 10.2. The van der Waals surface area contributed by atoms with E-state index in [0.717, 1.165) is 0 Å². The van der Waals surface area contributed by atoms with Crippen LogP contribution in [0.3, 0.4) is 0 Å². The summed E-state index contributed by atoms with van der Waals surface area (Å²) in [4.78, 5) is 0. The number of hydrogen-bond acceptors (Lipinski definition) is 1. The molecule has 0 heterocycles. The third-order valence-corrected chi connectivity index (χ3v) is 1.13. The van der Waals surface area contributed by atoms with Gasteiger partial charge in [-0.15, -0.1) is 0 Å². The van der Waals surface area contributed by atoms with Crippen LogP contribution in [0.2, 0.25) is 0 Å². The number of hydrogen-bond donors (Lipinski definition) is 0. The summed E-state index contributed by atoms with van der Waals surface area (Å²) in [5, 5.41) is 0. The lowest BCUT2D eigenvalue weighted by molar-refractivity contribution is 0.231. The monoisotopic (exact) mass is 153 g/mol. The third-order valence-electron chi connectivity index (χ3n) is 1.13. The van der Waals surface area contributed by atoms with Gasteiger partial charge in [-0.05, 0) is 19.9 Å². The Balaban J connectivity index is 2.78. The lowest BCUT2D eigenvalue weighted by Crippen LogP contribution is -2.06. The number of benzene rings is 1. The lowest BCUT2D eigenvalue weighted by Gasteiger charge is -2.09. The first-order valence-electron chi connectivity index (χ1n) is 3.53. The van der Waals surface area contributed by atoms with E-state index in [-0.39, 0.29) is 11.9 Å². The third kappa shape index (κ3) is 2.22. The van der Waals surface area contributed by atoms with Crippen LogP contribution in [0.25, 0.3) is 0 Å². The van der Waals surface area contributed by atoms with E-state index in [0.29, 0.717) is 0 Å². The van der Waals surface area contributed by atoms with Gasteiger partial charge in [-0.3, -0.25) is 0 Å². The van der Waals surface area contributed by atoms with Crippen molar-refractivity contribution in [1.82, 2.24) is 0 Å². The highest BCUT2D eigenvalue weighted by molar-refractivity contribution is 5.22. The second-order valence-corrected chi connectivity index (χ2v) is 2.51. The van der Waals surface area contributed by atoms with Gasteiger partial charge in [-0.2, -0.15) is 0 Å². The van der Waals surface area contributed by atoms with Crippen molar-refractivity contribution >= 4 is 0 Å². The van der Waals surface area contributed by atoms with E-state index >= 15 is 0 Å². The Kier molecular flexibility index (Phi) is 2.47. The largest absolute Gasteiger partial charge is 0.488 e. The topological polar surface area (TPSA) is 9.23 Å². The molecule has 0 saturated heterocycles. The molecule has 0 aliphatic rings. The molecule has 1 aromatic rings. The zero-order valence-corrected chi connectivity index (χ0v) is 6.60. The first-order chi connectivity index (χ1) is 5.20. The second-order valence-electron chi connectivity index (χ2n) is 2.51. The summed E-state index contributed by atoms with van der Waals surface area (Å²) in [5.41, 5.74) is 0. The summed E-state index contributed by atoms with van der Waals surface area (Å²) in [6, 6.07) is 7.21. The smallest absolute Gasteiger partial charge is 0.172 e. The summed E-state index contributed by atoms with van der Waals surface area (Å²) >= 11 is 0. The lowest BCUT2D eigenvalue weighted by atomic mass is 10.3. The fourth-order valence-corrected chi connectivity index (χ4v) is 0.746. The number of rotatable bonds is 2. The molecule has 0 amide bonds. The highest BCUT2D eigenvalue weighted by atomic mass is 19.1. The van der Waals surface area contributed by atoms with Gasteiger partial charge in [0.25, 0.3) is 0 Å². The molecule has 0 aliphatic carbocycles. The molecule has 0 N–H and O–H groups in total. The fourth-order valence-electron chi connectivity index (χ4n) is 0.746. The van der Waals surface area contributed by atoms with Crippen molar-refractivity contribution in [2.45, 2.75) is 20.0 Å². The highest BCUT2D eigenvalue weighted by Crippen LogP contribution is 2.15.